The van der Waals surface area contributed by atoms with E-state index in [2.05, 4.69) is 6.92 Å². The van der Waals surface area contributed by atoms with Crippen molar-refractivity contribution in [1.82, 2.24) is 0 Å². The van der Waals surface area contributed by atoms with Crippen molar-refractivity contribution >= 4 is 5.84 Å². The molecular weight excluding hydrogens is 188 g/mol. The number of hydrogen-bond acceptors (Lipinski definition) is 2. The zero-order valence-electron chi connectivity index (χ0n) is 9.80. The highest BCUT2D eigenvalue weighted by Gasteiger charge is 2.23. The highest BCUT2D eigenvalue weighted by atomic mass is 16.5. The lowest BCUT2D eigenvalue weighted by Gasteiger charge is -2.30. The van der Waals surface area contributed by atoms with Crippen molar-refractivity contribution < 1.29 is 4.74 Å². The lowest BCUT2D eigenvalue weighted by atomic mass is 9.85. The van der Waals surface area contributed by atoms with Gasteiger partial charge in [0, 0.05) is 13.0 Å². The molecule has 0 bridgehead atoms. The van der Waals surface area contributed by atoms with Crippen LogP contribution in [0.3, 0.4) is 0 Å². The van der Waals surface area contributed by atoms with Gasteiger partial charge in [-0.15, -0.1) is 0 Å². The van der Waals surface area contributed by atoms with E-state index in [-0.39, 0.29) is 5.84 Å². The van der Waals surface area contributed by atoms with Crippen LogP contribution in [0.2, 0.25) is 0 Å². The molecule has 15 heavy (non-hydrogen) atoms. The topological polar surface area (TPSA) is 59.1 Å². The highest BCUT2D eigenvalue weighted by molar-refractivity contribution is 5.76. The quantitative estimate of drug-likeness (QED) is 0.404. The molecule has 2 atom stereocenters. The van der Waals surface area contributed by atoms with Crippen molar-refractivity contribution in [2.45, 2.75) is 58.0 Å². The van der Waals surface area contributed by atoms with Gasteiger partial charge < -0.3 is 10.5 Å². The minimum atomic E-state index is 0.272. The Morgan fingerprint density at radius 3 is 2.80 bits per heavy atom. The van der Waals surface area contributed by atoms with E-state index in [1.165, 1.54) is 32.1 Å². The van der Waals surface area contributed by atoms with Crippen LogP contribution in [0.15, 0.2) is 0 Å². The number of hydrogen-bond donors (Lipinski definition) is 2. The summed E-state index contributed by atoms with van der Waals surface area (Å²) in [4.78, 5) is 0. The second kappa shape index (κ2) is 6.83. The van der Waals surface area contributed by atoms with Crippen LogP contribution in [-0.4, -0.2) is 18.5 Å². The fourth-order valence-corrected chi connectivity index (χ4v) is 2.36. The first-order chi connectivity index (χ1) is 7.24. The fourth-order valence-electron chi connectivity index (χ4n) is 2.36. The molecule has 1 saturated carbocycles. The van der Waals surface area contributed by atoms with E-state index in [4.69, 9.17) is 15.9 Å². The second-order valence-corrected chi connectivity index (χ2v) is 4.49. The molecule has 2 unspecified atom stereocenters. The Labute approximate surface area is 92.9 Å². The van der Waals surface area contributed by atoms with Crippen LogP contribution >= 0.6 is 0 Å². The molecule has 0 spiro atoms. The second-order valence-electron chi connectivity index (χ2n) is 4.49. The Morgan fingerprint density at radius 1 is 1.40 bits per heavy atom. The number of nitrogens with two attached hydrogens (primary N) is 1. The molecule has 0 radical (unpaired) electrons. The summed E-state index contributed by atoms with van der Waals surface area (Å²) in [7, 11) is 0. The van der Waals surface area contributed by atoms with Gasteiger partial charge in [-0.05, 0) is 25.2 Å². The van der Waals surface area contributed by atoms with Crippen molar-refractivity contribution in [3.63, 3.8) is 0 Å². The smallest absolute Gasteiger partial charge is 0.0906 e. The first kappa shape index (κ1) is 12.5. The summed E-state index contributed by atoms with van der Waals surface area (Å²) >= 11 is 0. The first-order valence-corrected chi connectivity index (χ1v) is 6.18. The highest BCUT2D eigenvalue weighted by Crippen LogP contribution is 2.29. The van der Waals surface area contributed by atoms with Crippen LogP contribution in [-0.2, 0) is 4.74 Å². The van der Waals surface area contributed by atoms with Gasteiger partial charge >= 0.3 is 0 Å². The molecule has 0 aliphatic heterocycles. The molecule has 0 heterocycles. The summed E-state index contributed by atoms with van der Waals surface area (Å²) in [6.45, 7) is 3.02. The van der Waals surface area contributed by atoms with Gasteiger partial charge in [0.05, 0.1) is 11.9 Å². The SMILES string of the molecule is CCC1CCCCC1OCCCC(=N)N. The Bertz CT molecular complexity index is 194. The lowest BCUT2D eigenvalue weighted by molar-refractivity contribution is -0.0123. The molecule has 0 amide bonds. The molecular formula is C12H24N2O. The Kier molecular flexibility index (Phi) is 5.69. The van der Waals surface area contributed by atoms with Gasteiger partial charge in [0.25, 0.3) is 0 Å². The van der Waals surface area contributed by atoms with Crippen molar-refractivity contribution in [3.8, 4) is 0 Å². The summed E-state index contributed by atoms with van der Waals surface area (Å²) in [5.74, 6) is 1.03. The van der Waals surface area contributed by atoms with E-state index >= 15 is 0 Å². The van der Waals surface area contributed by atoms with Gasteiger partial charge in [-0.2, -0.15) is 0 Å². The Hall–Kier alpha value is -0.570. The standard InChI is InChI=1S/C12H24N2O/c1-2-10-6-3-4-7-11(10)15-9-5-8-12(13)14/h10-11H,2-9H2,1H3,(H3,13,14). The zero-order valence-corrected chi connectivity index (χ0v) is 9.80. The van der Waals surface area contributed by atoms with Gasteiger partial charge in [0.1, 0.15) is 0 Å². The van der Waals surface area contributed by atoms with Crippen molar-refractivity contribution in [2.24, 2.45) is 11.7 Å². The summed E-state index contributed by atoms with van der Waals surface area (Å²) in [6.07, 6.45) is 8.49. The molecule has 1 aliphatic carbocycles. The van der Waals surface area contributed by atoms with E-state index in [0.717, 1.165) is 18.9 Å². The molecule has 0 aromatic rings. The maximum atomic E-state index is 7.12. The third-order valence-corrected chi connectivity index (χ3v) is 3.29. The van der Waals surface area contributed by atoms with Crippen molar-refractivity contribution in [1.29, 1.82) is 5.41 Å². The molecule has 88 valence electrons. The molecule has 0 aromatic carbocycles. The largest absolute Gasteiger partial charge is 0.388 e. The third kappa shape index (κ3) is 4.65. The van der Waals surface area contributed by atoms with E-state index in [0.29, 0.717) is 12.5 Å². The average Bonchev–Trinajstić information content (AvgIpc) is 2.24. The van der Waals surface area contributed by atoms with E-state index in [1.54, 1.807) is 0 Å². The number of rotatable bonds is 6. The summed E-state index contributed by atoms with van der Waals surface area (Å²) in [6, 6.07) is 0. The van der Waals surface area contributed by atoms with E-state index in [1.807, 2.05) is 0 Å². The summed E-state index contributed by atoms with van der Waals surface area (Å²) < 4.78 is 5.88. The van der Waals surface area contributed by atoms with E-state index < -0.39 is 0 Å². The number of amidine groups is 1. The monoisotopic (exact) mass is 212 g/mol. The van der Waals surface area contributed by atoms with Crippen LogP contribution in [0.5, 0.6) is 0 Å². The predicted molar refractivity (Wildman–Crippen MR) is 63.1 cm³/mol. The van der Waals surface area contributed by atoms with Crippen LogP contribution in [0.4, 0.5) is 0 Å². The van der Waals surface area contributed by atoms with Gasteiger partial charge in [0.15, 0.2) is 0 Å². The molecule has 3 nitrogen and oxygen atoms in total. The maximum absolute atomic E-state index is 7.12. The van der Waals surface area contributed by atoms with E-state index in [9.17, 15) is 0 Å². The third-order valence-electron chi connectivity index (χ3n) is 3.29. The van der Waals surface area contributed by atoms with Gasteiger partial charge in [-0.25, -0.2) is 0 Å². The summed E-state index contributed by atoms with van der Waals surface area (Å²) in [5, 5.41) is 7.12. The van der Waals surface area contributed by atoms with Crippen LogP contribution < -0.4 is 5.73 Å². The minimum absolute atomic E-state index is 0.272. The maximum Gasteiger partial charge on any atom is 0.0906 e. The number of nitrogens with one attached hydrogen (secondary N) is 1. The molecule has 0 saturated heterocycles. The molecule has 3 N–H and O–H groups in total. The van der Waals surface area contributed by atoms with Crippen molar-refractivity contribution in [2.75, 3.05) is 6.61 Å². The summed E-state index contributed by atoms with van der Waals surface area (Å²) in [5.41, 5.74) is 5.29. The fraction of sp³-hybridized carbons (Fsp3) is 0.917. The molecule has 1 aliphatic rings. The van der Waals surface area contributed by atoms with Crippen LogP contribution in [0, 0.1) is 11.3 Å². The van der Waals surface area contributed by atoms with Gasteiger partial charge in [-0.3, -0.25) is 5.41 Å². The Balaban J connectivity index is 2.15. The number of ether oxygens (including phenoxy) is 1. The van der Waals surface area contributed by atoms with Gasteiger partial charge in [-0.1, -0.05) is 26.2 Å². The van der Waals surface area contributed by atoms with Crippen molar-refractivity contribution in [3.05, 3.63) is 0 Å². The molecule has 1 rings (SSSR count). The minimum Gasteiger partial charge on any atom is -0.388 e. The molecule has 0 aromatic heterocycles. The van der Waals surface area contributed by atoms with Crippen LogP contribution in [0.25, 0.3) is 0 Å². The first-order valence-electron chi connectivity index (χ1n) is 6.18. The normalized spacial score (nSPS) is 26.5. The lowest BCUT2D eigenvalue weighted by Crippen LogP contribution is -2.27. The molecule has 3 heteroatoms. The van der Waals surface area contributed by atoms with Gasteiger partial charge in [0.2, 0.25) is 0 Å². The average molecular weight is 212 g/mol. The predicted octanol–water partition coefficient (Wildman–Crippen LogP) is 2.69. The zero-order chi connectivity index (χ0) is 11.1. The molecule has 1 fully saturated rings. The Morgan fingerprint density at radius 2 is 2.13 bits per heavy atom. The van der Waals surface area contributed by atoms with Crippen LogP contribution in [0.1, 0.15) is 51.9 Å².